The van der Waals surface area contributed by atoms with Crippen molar-refractivity contribution >= 4 is 34.4 Å². The number of hydrogen-bond donors (Lipinski definition) is 2. The molecule has 2 aromatic carbocycles. The maximum atomic E-state index is 13.4. The Balaban J connectivity index is 1.61. The van der Waals surface area contributed by atoms with Crippen molar-refractivity contribution in [3.63, 3.8) is 0 Å². The first-order chi connectivity index (χ1) is 17.8. The van der Waals surface area contributed by atoms with Crippen LogP contribution in [-0.2, 0) is 26.7 Å². The van der Waals surface area contributed by atoms with Crippen molar-refractivity contribution in [2.45, 2.75) is 37.6 Å². The first kappa shape index (κ1) is 27.0. The Labute approximate surface area is 221 Å². The van der Waals surface area contributed by atoms with Gasteiger partial charge in [-0.15, -0.1) is 0 Å². The third-order valence-electron chi connectivity index (χ3n) is 7.14. The molecule has 0 spiro atoms. The van der Waals surface area contributed by atoms with Gasteiger partial charge in [-0.3, -0.25) is 9.59 Å². The second-order valence-electron chi connectivity index (χ2n) is 9.33. The average Bonchev–Trinajstić information content (AvgIpc) is 3.26. The molecule has 8 nitrogen and oxygen atoms in total. The second-order valence-corrected chi connectivity index (χ2v) is 9.70. The van der Waals surface area contributed by atoms with Gasteiger partial charge in [-0.25, -0.2) is 0 Å². The number of carbonyl (C=O) groups is 2. The van der Waals surface area contributed by atoms with E-state index in [-0.39, 0.29) is 12.5 Å². The third-order valence-corrected chi connectivity index (χ3v) is 7.53. The fourth-order valence-electron chi connectivity index (χ4n) is 4.91. The zero-order valence-electron chi connectivity index (χ0n) is 21.4. The number of fused-ring (bicyclic) bond motifs is 1. The summed E-state index contributed by atoms with van der Waals surface area (Å²) in [5, 5.41) is 14.3. The molecule has 0 bridgehead atoms. The number of carboxylic acids is 1. The smallest absolute Gasteiger partial charge is 0.314 e. The molecule has 0 radical (unpaired) electrons. The summed E-state index contributed by atoms with van der Waals surface area (Å²) in [6.45, 7) is 3.71. The number of aryl methyl sites for hydroxylation is 1. The Morgan fingerprint density at radius 1 is 1.19 bits per heavy atom. The molecule has 1 atom stereocenters. The average molecular weight is 529 g/mol. The van der Waals surface area contributed by atoms with Crippen molar-refractivity contribution in [1.82, 2.24) is 9.88 Å². The van der Waals surface area contributed by atoms with Gasteiger partial charge >= 0.3 is 5.97 Å². The largest absolute Gasteiger partial charge is 0.495 e. The van der Waals surface area contributed by atoms with E-state index < -0.39 is 17.4 Å². The standard InChI is InChI=1S/C28H33ClN2O6/c1-4-13-37-17-21(18-5-7-19(8-6-18)28(27(33)34)11-14-36-15-12-28)30-26(32)23-16-20-22(31(23)2)9-10-24(35-3)25(20)29/h5-10,16,21H,4,11-15,17H2,1-3H3,(H,30,32)(H,33,34). The number of ether oxygens (including phenoxy) is 3. The van der Waals surface area contributed by atoms with Gasteiger partial charge in [0, 0.05) is 32.3 Å². The number of rotatable bonds is 10. The zero-order chi connectivity index (χ0) is 26.6. The lowest BCUT2D eigenvalue weighted by Crippen LogP contribution is -2.41. The molecule has 2 heterocycles. The van der Waals surface area contributed by atoms with Crippen molar-refractivity contribution in [1.29, 1.82) is 0 Å². The van der Waals surface area contributed by atoms with E-state index in [1.807, 2.05) is 44.3 Å². The minimum atomic E-state index is -0.961. The van der Waals surface area contributed by atoms with E-state index in [9.17, 15) is 14.7 Å². The van der Waals surface area contributed by atoms with Crippen molar-refractivity contribution in [2.24, 2.45) is 7.05 Å². The molecule has 0 saturated carbocycles. The SMILES string of the molecule is CCCOCC(NC(=O)c1cc2c(Cl)c(OC)ccc2n1C)c1ccc(C2(C(=O)O)CCOCC2)cc1. The van der Waals surface area contributed by atoms with Crippen LogP contribution in [0.4, 0.5) is 0 Å². The summed E-state index contributed by atoms with van der Waals surface area (Å²) in [5.41, 5.74) is 1.88. The molecule has 4 rings (SSSR count). The van der Waals surface area contributed by atoms with E-state index in [1.54, 1.807) is 23.8 Å². The van der Waals surface area contributed by atoms with E-state index in [0.717, 1.165) is 28.5 Å². The molecule has 1 fully saturated rings. The number of aliphatic carboxylic acids is 1. The van der Waals surface area contributed by atoms with Crippen molar-refractivity contribution in [3.05, 3.63) is 64.3 Å². The van der Waals surface area contributed by atoms with Crippen LogP contribution in [0.2, 0.25) is 5.02 Å². The summed E-state index contributed by atoms with van der Waals surface area (Å²) >= 11 is 6.49. The van der Waals surface area contributed by atoms with Gasteiger partial charge in [-0.1, -0.05) is 42.8 Å². The number of halogens is 1. The maximum Gasteiger partial charge on any atom is 0.314 e. The highest BCUT2D eigenvalue weighted by atomic mass is 35.5. The monoisotopic (exact) mass is 528 g/mol. The molecular formula is C28H33ClN2O6. The lowest BCUT2D eigenvalue weighted by molar-refractivity contribution is -0.147. The van der Waals surface area contributed by atoms with Crippen LogP contribution < -0.4 is 10.1 Å². The van der Waals surface area contributed by atoms with Crippen LogP contribution >= 0.6 is 11.6 Å². The number of hydrogen-bond acceptors (Lipinski definition) is 5. The Morgan fingerprint density at radius 2 is 1.89 bits per heavy atom. The Kier molecular flexibility index (Phi) is 8.42. The molecule has 37 heavy (non-hydrogen) atoms. The fourth-order valence-corrected chi connectivity index (χ4v) is 5.20. The van der Waals surface area contributed by atoms with Gasteiger partial charge in [0.2, 0.25) is 0 Å². The molecule has 1 aliphatic rings. The van der Waals surface area contributed by atoms with E-state index in [4.69, 9.17) is 25.8 Å². The fraction of sp³-hybridized carbons (Fsp3) is 0.429. The van der Waals surface area contributed by atoms with E-state index >= 15 is 0 Å². The number of methoxy groups -OCH3 is 1. The first-order valence-corrected chi connectivity index (χ1v) is 12.8. The highest BCUT2D eigenvalue weighted by molar-refractivity contribution is 6.37. The lowest BCUT2D eigenvalue weighted by atomic mass is 9.74. The van der Waals surface area contributed by atoms with E-state index in [2.05, 4.69) is 5.32 Å². The quantitative estimate of drug-likeness (QED) is 0.364. The first-order valence-electron chi connectivity index (χ1n) is 12.4. The molecule has 0 aliphatic carbocycles. The highest BCUT2D eigenvalue weighted by Crippen LogP contribution is 2.36. The number of nitrogens with zero attached hydrogens (tertiary/aromatic N) is 1. The molecule has 3 aromatic rings. The molecule has 1 aromatic heterocycles. The van der Waals surface area contributed by atoms with E-state index in [1.165, 1.54) is 0 Å². The molecule has 1 amide bonds. The van der Waals surface area contributed by atoms with Crippen molar-refractivity contribution in [2.75, 3.05) is 33.5 Å². The van der Waals surface area contributed by atoms with E-state index in [0.29, 0.717) is 49.1 Å². The van der Waals surface area contributed by atoms with Crippen LogP contribution in [0.3, 0.4) is 0 Å². The summed E-state index contributed by atoms with van der Waals surface area (Å²) in [7, 11) is 3.37. The molecule has 1 unspecified atom stereocenters. The van der Waals surface area contributed by atoms with Gasteiger partial charge in [-0.2, -0.15) is 0 Å². The van der Waals surface area contributed by atoms with Gasteiger partial charge in [0.15, 0.2) is 0 Å². The normalized spacial score (nSPS) is 15.9. The van der Waals surface area contributed by atoms with Gasteiger partial charge in [-0.05, 0) is 48.6 Å². The maximum absolute atomic E-state index is 13.4. The van der Waals surface area contributed by atoms with Gasteiger partial charge in [0.1, 0.15) is 11.4 Å². The number of carbonyl (C=O) groups excluding carboxylic acids is 1. The highest BCUT2D eigenvalue weighted by Gasteiger charge is 2.41. The van der Waals surface area contributed by atoms with Crippen molar-refractivity contribution in [3.8, 4) is 5.75 Å². The van der Waals surface area contributed by atoms with Gasteiger partial charge in [0.05, 0.1) is 35.7 Å². The number of benzene rings is 2. The topological polar surface area (TPSA) is 99.0 Å². The second kappa shape index (κ2) is 11.5. The summed E-state index contributed by atoms with van der Waals surface area (Å²) in [6, 6.07) is 12.4. The summed E-state index contributed by atoms with van der Waals surface area (Å²) < 4.78 is 18.3. The van der Waals surface area contributed by atoms with Crippen molar-refractivity contribution < 1.29 is 28.9 Å². The number of nitrogens with one attached hydrogen (secondary N) is 1. The summed E-state index contributed by atoms with van der Waals surface area (Å²) in [4.78, 5) is 25.6. The van der Waals surface area contributed by atoms with Crippen LogP contribution in [0, 0.1) is 0 Å². The van der Waals surface area contributed by atoms with Gasteiger partial charge < -0.3 is 29.2 Å². The molecule has 2 N–H and O–H groups in total. The van der Waals surface area contributed by atoms with Crippen LogP contribution in [0.1, 0.15) is 53.8 Å². The number of amides is 1. The lowest BCUT2D eigenvalue weighted by Gasteiger charge is -2.33. The minimum Gasteiger partial charge on any atom is -0.495 e. The van der Waals surface area contributed by atoms with Gasteiger partial charge in [0.25, 0.3) is 5.91 Å². The van der Waals surface area contributed by atoms with Crippen LogP contribution in [0.15, 0.2) is 42.5 Å². The number of carboxylic acid groups (broad SMARTS) is 1. The Hall–Kier alpha value is -3.07. The third kappa shape index (κ3) is 5.32. The molecule has 1 aliphatic heterocycles. The predicted octanol–water partition coefficient (Wildman–Crippen LogP) is 4.87. The molecule has 1 saturated heterocycles. The predicted molar refractivity (Wildman–Crippen MR) is 142 cm³/mol. The zero-order valence-corrected chi connectivity index (χ0v) is 22.1. The molecule has 198 valence electrons. The Bertz CT molecular complexity index is 1260. The number of aromatic nitrogens is 1. The molecular weight excluding hydrogens is 496 g/mol. The summed E-state index contributed by atoms with van der Waals surface area (Å²) in [6.07, 6.45) is 1.71. The Morgan fingerprint density at radius 3 is 2.51 bits per heavy atom. The molecule has 9 heteroatoms. The summed E-state index contributed by atoms with van der Waals surface area (Å²) in [5.74, 6) is -0.568. The van der Waals surface area contributed by atoms with Crippen LogP contribution in [0.25, 0.3) is 10.9 Å². The minimum absolute atomic E-state index is 0.269. The van der Waals surface area contributed by atoms with Crippen LogP contribution in [-0.4, -0.2) is 55.1 Å². The van der Waals surface area contributed by atoms with Crippen LogP contribution in [0.5, 0.6) is 5.75 Å².